The minimum absolute atomic E-state index is 0.119. The highest BCUT2D eigenvalue weighted by Gasteiger charge is 2.42. The highest BCUT2D eigenvalue weighted by molar-refractivity contribution is 5.77. The van der Waals surface area contributed by atoms with E-state index in [9.17, 15) is 4.79 Å². The fourth-order valence-electron chi connectivity index (χ4n) is 4.21. The number of hydrogen-bond acceptors (Lipinski definition) is 6. The number of nitrogens with one attached hydrogen (secondary N) is 1. The molecule has 2 fully saturated rings. The van der Waals surface area contributed by atoms with Gasteiger partial charge < -0.3 is 20.5 Å². The Kier molecular flexibility index (Phi) is 4.48. The van der Waals surface area contributed by atoms with Crippen LogP contribution in [0.15, 0.2) is 24.8 Å². The van der Waals surface area contributed by atoms with Gasteiger partial charge in [0.2, 0.25) is 11.9 Å². The highest BCUT2D eigenvalue weighted by atomic mass is 16.2. The van der Waals surface area contributed by atoms with E-state index in [1.165, 1.54) is 0 Å². The van der Waals surface area contributed by atoms with Gasteiger partial charge in [0.1, 0.15) is 5.82 Å². The van der Waals surface area contributed by atoms with E-state index in [1.807, 2.05) is 11.1 Å². The Bertz CT molecular complexity index is 763. The smallest absolute Gasteiger partial charge is 0.227 e. The lowest BCUT2D eigenvalue weighted by atomic mass is 9.73. The highest BCUT2D eigenvalue weighted by Crippen LogP contribution is 2.39. The third kappa shape index (κ3) is 3.49. The molecule has 0 saturated carbocycles. The molecule has 4 heterocycles. The van der Waals surface area contributed by atoms with Crippen LogP contribution in [-0.4, -0.2) is 56.9 Å². The zero-order valence-corrected chi connectivity index (χ0v) is 14.9. The molecule has 1 spiro atoms. The van der Waals surface area contributed by atoms with E-state index in [0.29, 0.717) is 18.2 Å². The predicted octanol–water partition coefficient (Wildman–Crippen LogP) is 1.23. The molecular formula is C18H25N7O. The second kappa shape index (κ2) is 6.93. The fourth-order valence-corrected chi connectivity index (χ4v) is 4.21. The van der Waals surface area contributed by atoms with Crippen LogP contribution in [0.4, 0.5) is 11.8 Å². The van der Waals surface area contributed by atoms with Crippen LogP contribution in [0.5, 0.6) is 0 Å². The number of H-pyrrole nitrogens is 1. The topological polar surface area (TPSA) is 104 Å². The van der Waals surface area contributed by atoms with Crippen LogP contribution in [-0.2, 0) is 11.2 Å². The number of piperidine rings is 2. The van der Waals surface area contributed by atoms with Crippen LogP contribution in [0.3, 0.4) is 0 Å². The summed E-state index contributed by atoms with van der Waals surface area (Å²) in [5.74, 6) is 1.45. The van der Waals surface area contributed by atoms with E-state index in [-0.39, 0.29) is 11.3 Å². The zero-order valence-electron chi connectivity index (χ0n) is 14.9. The van der Waals surface area contributed by atoms with Gasteiger partial charge in [-0.05, 0) is 25.3 Å². The first kappa shape index (κ1) is 16.8. The van der Waals surface area contributed by atoms with Crippen LogP contribution in [0.2, 0.25) is 0 Å². The van der Waals surface area contributed by atoms with Gasteiger partial charge in [-0.15, -0.1) is 0 Å². The number of amides is 1. The molecule has 26 heavy (non-hydrogen) atoms. The number of imidazole rings is 1. The second-order valence-corrected chi connectivity index (χ2v) is 7.45. The number of likely N-dealkylation sites (tertiary alicyclic amines) is 1. The summed E-state index contributed by atoms with van der Waals surface area (Å²) in [5, 5.41) is 0. The summed E-state index contributed by atoms with van der Waals surface area (Å²) >= 11 is 0. The van der Waals surface area contributed by atoms with E-state index in [1.54, 1.807) is 18.6 Å². The van der Waals surface area contributed by atoms with E-state index in [0.717, 1.165) is 57.6 Å². The van der Waals surface area contributed by atoms with Crippen molar-refractivity contribution in [3.63, 3.8) is 0 Å². The summed E-state index contributed by atoms with van der Waals surface area (Å²) in [6, 6.07) is 1.71. The van der Waals surface area contributed by atoms with Gasteiger partial charge >= 0.3 is 0 Å². The Labute approximate surface area is 152 Å². The number of aromatic nitrogens is 4. The van der Waals surface area contributed by atoms with Crippen molar-refractivity contribution >= 4 is 17.7 Å². The number of rotatable bonds is 4. The van der Waals surface area contributed by atoms with E-state index in [4.69, 9.17) is 5.73 Å². The number of nitrogens with zero attached hydrogens (tertiary/aromatic N) is 5. The molecule has 1 atom stereocenters. The summed E-state index contributed by atoms with van der Waals surface area (Å²) in [6.07, 6.45) is 9.80. The first-order chi connectivity index (χ1) is 12.6. The minimum atomic E-state index is 0.119. The molecule has 8 nitrogen and oxygen atoms in total. The SMILES string of the molecule is Nc1ccnc(N2CCC[C@@]3(CCC(=O)N(CCc4cnc[nH]4)C3)C2)n1. The molecule has 2 aliphatic heterocycles. The van der Waals surface area contributed by atoms with Crippen LogP contribution in [0.25, 0.3) is 0 Å². The van der Waals surface area contributed by atoms with Gasteiger partial charge in [0.25, 0.3) is 0 Å². The molecule has 0 aromatic carbocycles. The molecule has 138 valence electrons. The number of nitrogens with two attached hydrogens (primary N) is 1. The quantitative estimate of drug-likeness (QED) is 0.855. The Hall–Kier alpha value is -2.64. The van der Waals surface area contributed by atoms with Gasteiger partial charge in [-0.1, -0.05) is 0 Å². The molecule has 0 unspecified atom stereocenters. The standard InChI is InChI=1S/C18H25N7O/c19-15-3-7-21-17(23-15)25-8-1-5-18(12-25)6-2-16(26)24(11-18)9-4-14-10-20-13-22-14/h3,7,10,13H,1-2,4-6,8-9,11-12H2,(H,20,22)(H2,19,21,23)/t18-/m0/s1. The maximum atomic E-state index is 12.4. The Balaban J connectivity index is 1.45. The molecule has 3 N–H and O–H groups in total. The van der Waals surface area contributed by atoms with Crippen molar-refractivity contribution in [2.24, 2.45) is 5.41 Å². The van der Waals surface area contributed by atoms with Gasteiger partial charge in [-0.2, -0.15) is 4.98 Å². The van der Waals surface area contributed by atoms with E-state index in [2.05, 4.69) is 24.8 Å². The van der Waals surface area contributed by atoms with Gasteiger partial charge in [0.15, 0.2) is 0 Å². The Morgan fingerprint density at radius 2 is 2.23 bits per heavy atom. The first-order valence-electron chi connectivity index (χ1n) is 9.22. The summed E-state index contributed by atoms with van der Waals surface area (Å²) < 4.78 is 0. The summed E-state index contributed by atoms with van der Waals surface area (Å²) in [7, 11) is 0. The summed E-state index contributed by atoms with van der Waals surface area (Å²) in [6.45, 7) is 3.36. The second-order valence-electron chi connectivity index (χ2n) is 7.45. The number of carbonyl (C=O) groups excluding carboxylic acids is 1. The number of carbonyl (C=O) groups is 1. The number of aromatic amines is 1. The molecular weight excluding hydrogens is 330 g/mol. The fraction of sp³-hybridized carbons (Fsp3) is 0.556. The van der Waals surface area contributed by atoms with Gasteiger partial charge in [0, 0.05) is 62.5 Å². The van der Waals surface area contributed by atoms with Crippen molar-refractivity contribution in [2.75, 3.05) is 36.8 Å². The van der Waals surface area contributed by atoms with Crippen molar-refractivity contribution < 1.29 is 4.79 Å². The van der Waals surface area contributed by atoms with Crippen LogP contribution < -0.4 is 10.6 Å². The van der Waals surface area contributed by atoms with Crippen molar-refractivity contribution in [3.8, 4) is 0 Å². The van der Waals surface area contributed by atoms with Crippen molar-refractivity contribution in [1.29, 1.82) is 0 Å². The number of nitrogen functional groups attached to an aromatic ring is 1. The van der Waals surface area contributed by atoms with E-state index < -0.39 is 0 Å². The average molecular weight is 355 g/mol. The third-order valence-electron chi connectivity index (χ3n) is 5.56. The monoisotopic (exact) mass is 355 g/mol. The van der Waals surface area contributed by atoms with Crippen molar-refractivity contribution in [3.05, 3.63) is 30.5 Å². The molecule has 4 rings (SSSR count). The van der Waals surface area contributed by atoms with Crippen LogP contribution >= 0.6 is 0 Å². The van der Waals surface area contributed by atoms with E-state index >= 15 is 0 Å². The lowest BCUT2D eigenvalue weighted by Gasteiger charge is -2.48. The Morgan fingerprint density at radius 3 is 3.04 bits per heavy atom. The molecule has 2 aliphatic rings. The molecule has 0 aliphatic carbocycles. The molecule has 8 heteroatoms. The molecule has 2 saturated heterocycles. The first-order valence-corrected chi connectivity index (χ1v) is 9.22. The molecule has 2 aromatic heterocycles. The molecule has 1 amide bonds. The van der Waals surface area contributed by atoms with Gasteiger partial charge in [-0.25, -0.2) is 9.97 Å². The average Bonchev–Trinajstić information content (AvgIpc) is 3.17. The maximum Gasteiger partial charge on any atom is 0.227 e. The molecule has 0 bridgehead atoms. The van der Waals surface area contributed by atoms with Gasteiger partial charge in [0.05, 0.1) is 6.33 Å². The number of anilines is 2. The predicted molar refractivity (Wildman–Crippen MR) is 98.4 cm³/mol. The van der Waals surface area contributed by atoms with Crippen LogP contribution in [0.1, 0.15) is 31.4 Å². The van der Waals surface area contributed by atoms with Gasteiger partial charge in [-0.3, -0.25) is 4.79 Å². The summed E-state index contributed by atoms with van der Waals surface area (Å²) in [5.41, 5.74) is 7.01. The largest absolute Gasteiger partial charge is 0.384 e. The zero-order chi connectivity index (χ0) is 18.0. The van der Waals surface area contributed by atoms with Crippen molar-refractivity contribution in [1.82, 2.24) is 24.8 Å². The third-order valence-corrected chi connectivity index (χ3v) is 5.56. The lowest BCUT2D eigenvalue weighted by Crippen LogP contribution is -2.54. The summed E-state index contributed by atoms with van der Waals surface area (Å²) in [4.78, 5) is 32.6. The van der Waals surface area contributed by atoms with Crippen molar-refractivity contribution in [2.45, 2.75) is 32.1 Å². The maximum absolute atomic E-state index is 12.4. The minimum Gasteiger partial charge on any atom is -0.384 e. The lowest BCUT2D eigenvalue weighted by molar-refractivity contribution is -0.137. The Morgan fingerprint density at radius 1 is 1.31 bits per heavy atom. The van der Waals surface area contributed by atoms with Crippen LogP contribution in [0, 0.1) is 5.41 Å². The molecule has 0 radical (unpaired) electrons. The number of hydrogen-bond donors (Lipinski definition) is 2. The molecule has 2 aromatic rings. The normalized spacial score (nSPS) is 23.6.